The lowest BCUT2D eigenvalue weighted by molar-refractivity contribution is 0.0504. The van der Waals surface area contributed by atoms with Crippen molar-refractivity contribution in [2.75, 3.05) is 29.3 Å². The number of ether oxygens (including phenoxy) is 2. The molecule has 2 aliphatic rings. The molecule has 2 aliphatic heterocycles. The second-order valence-electron chi connectivity index (χ2n) is 16.8. The summed E-state index contributed by atoms with van der Waals surface area (Å²) in [5.41, 5.74) is 4.97. The molecule has 0 saturated carbocycles. The summed E-state index contributed by atoms with van der Waals surface area (Å²) in [5, 5.41) is 0. The van der Waals surface area contributed by atoms with Crippen molar-refractivity contribution in [1.82, 2.24) is 24.8 Å². The third kappa shape index (κ3) is 9.01. The number of hydrogen-bond donors (Lipinski definition) is 1. The number of sulfonamides is 1. The van der Waals surface area contributed by atoms with Crippen molar-refractivity contribution >= 4 is 27.6 Å². The lowest BCUT2D eigenvalue weighted by atomic mass is 9.87. The zero-order valence-electron chi connectivity index (χ0n) is 32.9. The van der Waals surface area contributed by atoms with Crippen molar-refractivity contribution < 1.29 is 22.7 Å². The maximum absolute atomic E-state index is 14.6. The Morgan fingerprint density at radius 3 is 2.44 bits per heavy atom. The number of rotatable bonds is 8. The van der Waals surface area contributed by atoms with E-state index in [0.29, 0.717) is 30.1 Å². The Labute approximate surface area is 319 Å². The predicted molar refractivity (Wildman–Crippen MR) is 210 cm³/mol. The number of fused-ring (bicyclic) bond motifs is 4. The molecule has 0 aliphatic carbocycles. The summed E-state index contributed by atoms with van der Waals surface area (Å²) >= 11 is 0. The first kappa shape index (κ1) is 39.1. The lowest BCUT2D eigenvalue weighted by Gasteiger charge is -2.35. The van der Waals surface area contributed by atoms with Gasteiger partial charge in [-0.3, -0.25) is 4.79 Å². The third-order valence-electron chi connectivity index (χ3n) is 9.89. The van der Waals surface area contributed by atoms with Gasteiger partial charge in [0.25, 0.3) is 15.9 Å². The molecule has 4 heterocycles. The fourth-order valence-corrected chi connectivity index (χ4v) is 8.09. The number of nitrogens with one attached hydrogen (secondary N) is 1. The van der Waals surface area contributed by atoms with Crippen LogP contribution in [0.15, 0.2) is 59.8 Å². The number of benzene rings is 2. The molecule has 0 spiro atoms. The Morgan fingerprint density at radius 1 is 1.06 bits per heavy atom. The average molecular weight is 756 g/mol. The van der Waals surface area contributed by atoms with Crippen molar-refractivity contribution in [3.63, 3.8) is 0 Å². The topological polar surface area (TPSA) is 140 Å². The zero-order chi connectivity index (χ0) is 39.0. The molecule has 12 nitrogen and oxygen atoms in total. The van der Waals surface area contributed by atoms with Crippen LogP contribution in [-0.4, -0.2) is 71.0 Å². The number of nitrogens with zero attached hydrogens (tertiary/aromatic N) is 6. The molecule has 0 unspecified atom stereocenters. The molecule has 2 aromatic carbocycles. The molecule has 1 fully saturated rings. The van der Waals surface area contributed by atoms with E-state index in [1.165, 1.54) is 12.1 Å². The Kier molecular flexibility index (Phi) is 11.0. The van der Waals surface area contributed by atoms with Crippen LogP contribution in [0.1, 0.15) is 94.2 Å². The molecule has 1 atom stereocenters. The standard InChI is InChI=1S/C41H53N7O5S/c1-26(2)52-23-30-14-10-12-27(3)35(30)36-28(4)37-45-39(44-36)46-54(50,51)33-15-11-13-29(18-33)38(49)48(31(24-53-37)19-40(5,6)7)22-34-42-20-32(21-43-34)47-17-16-41(8,9)25-47/h10-15,18,20-21,26,31H,16-17,19,22-25H2,1-9H3,(H,44,45,46)/t31-/m1/s1. The van der Waals surface area contributed by atoms with E-state index in [4.69, 9.17) is 24.4 Å². The van der Waals surface area contributed by atoms with Gasteiger partial charge in [-0.1, -0.05) is 58.9 Å². The summed E-state index contributed by atoms with van der Waals surface area (Å²) in [6, 6.07) is 11.5. The highest BCUT2D eigenvalue weighted by Crippen LogP contribution is 2.36. The molecule has 1 saturated heterocycles. The number of anilines is 2. The Bertz CT molecular complexity index is 2110. The third-order valence-corrected chi connectivity index (χ3v) is 11.2. The number of aromatic nitrogens is 4. The fourth-order valence-electron chi connectivity index (χ4n) is 7.10. The van der Waals surface area contributed by atoms with Crippen LogP contribution in [0.4, 0.5) is 11.6 Å². The van der Waals surface area contributed by atoms with Crippen molar-refractivity contribution in [1.29, 1.82) is 0 Å². The van der Waals surface area contributed by atoms with Gasteiger partial charge in [0.2, 0.25) is 11.8 Å². The minimum atomic E-state index is -4.23. The summed E-state index contributed by atoms with van der Waals surface area (Å²) in [7, 11) is -4.23. The first-order valence-corrected chi connectivity index (χ1v) is 20.1. The Morgan fingerprint density at radius 2 is 1.78 bits per heavy atom. The molecule has 1 amide bonds. The van der Waals surface area contributed by atoms with Crippen LogP contribution in [0.3, 0.4) is 0 Å². The van der Waals surface area contributed by atoms with E-state index in [2.05, 4.69) is 49.2 Å². The van der Waals surface area contributed by atoms with Crippen molar-refractivity contribution in [3.05, 3.63) is 82.9 Å². The van der Waals surface area contributed by atoms with Crippen LogP contribution >= 0.6 is 0 Å². The molecule has 1 N–H and O–H groups in total. The van der Waals surface area contributed by atoms with E-state index in [0.717, 1.165) is 41.9 Å². The van der Waals surface area contributed by atoms with Crippen LogP contribution < -0.4 is 14.4 Å². The molecule has 2 aromatic heterocycles. The average Bonchev–Trinajstić information content (AvgIpc) is 3.47. The molecule has 4 aromatic rings. The summed E-state index contributed by atoms with van der Waals surface area (Å²) in [4.78, 5) is 37.4. The summed E-state index contributed by atoms with van der Waals surface area (Å²) in [6.45, 7) is 21.0. The van der Waals surface area contributed by atoms with E-state index >= 15 is 0 Å². The number of hydrogen-bond acceptors (Lipinski definition) is 10. The molecular formula is C41H53N7O5S. The van der Waals surface area contributed by atoms with Gasteiger partial charge >= 0.3 is 0 Å². The van der Waals surface area contributed by atoms with Gasteiger partial charge in [-0.05, 0) is 80.7 Å². The Hall–Kier alpha value is -4.62. The highest BCUT2D eigenvalue weighted by atomic mass is 32.2. The SMILES string of the molecule is Cc1cccc(COC(C)C)c1-c1nc2nc(c1C)OC[C@@H](CC(C)(C)C)N(Cc1ncc(N3CCC(C)(C)C3)cn1)C(=O)c1cccc(c1)S(=O)(=O)N2. The van der Waals surface area contributed by atoms with Crippen molar-refractivity contribution in [3.8, 4) is 17.1 Å². The summed E-state index contributed by atoms with van der Waals surface area (Å²) in [6.07, 6.45) is 5.30. The van der Waals surface area contributed by atoms with Gasteiger partial charge in [0.15, 0.2) is 0 Å². The molecule has 0 radical (unpaired) electrons. The van der Waals surface area contributed by atoms with Crippen LogP contribution in [0.2, 0.25) is 0 Å². The number of carbonyl (C=O) groups is 1. The van der Waals surface area contributed by atoms with Crippen molar-refractivity contribution in [2.24, 2.45) is 10.8 Å². The van der Waals surface area contributed by atoms with Gasteiger partial charge in [0.05, 0.1) is 54.0 Å². The minimum Gasteiger partial charge on any atom is -0.475 e. The lowest BCUT2D eigenvalue weighted by Crippen LogP contribution is -2.45. The number of amides is 1. The number of aryl methyl sites for hydroxylation is 1. The zero-order valence-corrected chi connectivity index (χ0v) is 33.7. The van der Waals surface area contributed by atoms with E-state index in [9.17, 15) is 13.2 Å². The predicted octanol–water partition coefficient (Wildman–Crippen LogP) is 7.35. The second kappa shape index (κ2) is 15.3. The maximum Gasteiger partial charge on any atom is 0.264 e. The molecular weight excluding hydrogens is 703 g/mol. The first-order valence-electron chi connectivity index (χ1n) is 18.6. The van der Waals surface area contributed by atoms with Crippen LogP contribution in [0.25, 0.3) is 11.3 Å². The molecule has 288 valence electrons. The van der Waals surface area contributed by atoms with Crippen LogP contribution in [-0.2, 0) is 27.9 Å². The monoisotopic (exact) mass is 755 g/mol. The highest BCUT2D eigenvalue weighted by Gasteiger charge is 2.33. The molecule has 6 rings (SSSR count). The second-order valence-corrected chi connectivity index (χ2v) is 18.5. The van der Waals surface area contributed by atoms with Crippen LogP contribution in [0, 0.1) is 24.7 Å². The molecule has 54 heavy (non-hydrogen) atoms. The van der Waals surface area contributed by atoms with Crippen LogP contribution in [0.5, 0.6) is 5.88 Å². The normalized spacial score (nSPS) is 18.4. The van der Waals surface area contributed by atoms with Gasteiger partial charge < -0.3 is 19.3 Å². The molecule has 4 bridgehead atoms. The smallest absolute Gasteiger partial charge is 0.264 e. The van der Waals surface area contributed by atoms with Crippen molar-refractivity contribution in [2.45, 2.75) is 105 Å². The fraction of sp³-hybridized carbons (Fsp3) is 0.488. The summed E-state index contributed by atoms with van der Waals surface area (Å²) < 4.78 is 43.0. The van der Waals surface area contributed by atoms with Gasteiger partial charge in [0, 0.05) is 29.8 Å². The van der Waals surface area contributed by atoms with E-state index in [-0.39, 0.29) is 58.3 Å². The molecule has 13 heteroatoms. The highest BCUT2D eigenvalue weighted by molar-refractivity contribution is 7.92. The van der Waals surface area contributed by atoms with Gasteiger partial charge in [-0.25, -0.2) is 28.1 Å². The Balaban J connectivity index is 1.45. The number of carbonyl (C=O) groups excluding carboxylic acids is 1. The largest absolute Gasteiger partial charge is 0.475 e. The van der Waals surface area contributed by atoms with E-state index in [1.807, 2.05) is 58.3 Å². The van der Waals surface area contributed by atoms with Gasteiger partial charge in [-0.2, -0.15) is 4.98 Å². The minimum absolute atomic E-state index is 0.00240. The van der Waals surface area contributed by atoms with E-state index < -0.39 is 16.1 Å². The maximum atomic E-state index is 14.6. The first-order chi connectivity index (χ1) is 25.4. The van der Waals surface area contributed by atoms with Gasteiger partial charge in [0.1, 0.15) is 12.4 Å². The van der Waals surface area contributed by atoms with Gasteiger partial charge in [-0.15, -0.1) is 0 Å². The summed E-state index contributed by atoms with van der Waals surface area (Å²) in [5.74, 6) is 0.184. The quantitative estimate of drug-likeness (QED) is 0.194. The van der Waals surface area contributed by atoms with E-state index in [1.54, 1.807) is 17.0 Å².